The first-order valence-electron chi connectivity index (χ1n) is 9.84. The van der Waals surface area contributed by atoms with Crippen LogP contribution in [0.25, 0.3) is 5.69 Å². The predicted molar refractivity (Wildman–Crippen MR) is 117 cm³/mol. The summed E-state index contributed by atoms with van der Waals surface area (Å²) < 4.78 is 30.5. The minimum Gasteiger partial charge on any atom is -0.337 e. The Morgan fingerprint density at radius 2 is 2.00 bits per heavy atom. The van der Waals surface area contributed by atoms with Crippen LogP contribution >= 0.6 is 11.6 Å². The van der Waals surface area contributed by atoms with E-state index in [0.29, 0.717) is 29.4 Å². The van der Waals surface area contributed by atoms with Crippen LogP contribution in [0.3, 0.4) is 0 Å². The summed E-state index contributed by atoms with van der Waals surface area (Å²) in [4.78, 5) is 20.9. The molecule has 4 rings (SSSR count). The van der Waals surface area contributed by atoms with Gasteiger partial charge in [-0.1, -0.05) is 11.6 Å². The number of halogens is 1. The van der Waals surface area contributed by atoms with Crippen LogP contribution < -0.4 is 5.32 Å². The van der Waals surface area contributed by atoms with Crippen LogP contribution in [0.1, 0.15) is 18.7 Å². The van der Waals surface area contributed by atoms with E-state index in [1.165, 1.54) is 10.5 Å². The third-order valence-corrected chi connectivity index (χ3v) is 7.59. The van der Waals surface area contributed by atoms with Crippen molar-refractivity contribution in [2.45, 2.75) is 24.8 Å². The lowest BCUT2D eigenvalue weighted by molar-refractivity contribution is -0.120. The van der Waals surface area contributed by atoms with Gasteiger partial charge in [-0.15, -0.1) is 0 Å². The van der Waals surface area contributed by atoms with Crippen LogP contribution in [0, 0.1) is 12.8 Å². The summed E-state index contributed by atoms with van der Waals surface area (Å²) in [5.41, 5.74) is 1.36. The zero-order valence-corrected chi connectivity index (χ0v) is 18.8. The predicted octanol–water partition coefficient (Wildman–Crippen LogP) is 2.61. The SMILES string of the molecule is Cc1nc(S(=O)(=O)N2CCC(C(=O)Nc3ccc(-n4ccnc4)c(Cl)c3)CC2)cn1C. The van der Waals surface area contributed by atoms with E-state index in [9.17, 15) is 13.2 Å². The molecule has 2 aromatic heterocycles. The number of anilines is 1. The first-order valence-corrected chi connectivity index (χ1v) is 11.7. The quantitative estimate of drug-likeness (QED) is 0.627. The van der Waals surface area contributed by atoms with Crippen molar-refractivity contribution < 1.29 is 13.2 Å². The second-order valence-electron chi connectivity index (χ2n) is 7.54. The van der Waals surface area contributed by atoms with Gasteiger partial charge in [0.1, 0.15) is 5.82 Å². The molecule has 3 aromatic rings. The highest BCUT2D eigenvalue weighted by Gasteiger charge is 2.33. The van der Waals surface area contributed by atoms with Gasteiger partial charge in [0.15, 0.2) is 5.03 Å². The molecule has 1 fully saturated rings. The number of imidazole rings is 2. The highest BCUT2D eigenvalue weighted by molar-refractivity contribution is 7.89. The molecule has 0 bridgehead atoms. The van der Waals surface area contributed by atoms with Crippen molar-refractivity contribution in [2.75, 3.05) is 18.4 Å². The molecule has 0 saturated carbocycles. The Bertz CT molecular complexity index is 1180. The van der Waals surface area contributed by atoms with E-state index < -0.39 is 10.0 Å². The Morgan fingerprint density at radius 3 is 2.58 bits per heavy atom. The molecule has 0 aliphatic carbocycles. The van der Waals surface area contributed by atoms with Gasteiger partial charge in [-0.3, -0.25) is 4.79 Å². The lowest BCUT2D eigenvalue weighted by atomic mass is 9.97. The minimum atomic E-state index is -3.66. The number of amides is 1. The van der Waals surface area contributed by atoms with Crippen molar-refractivity contribution in [1.82, 2.24) is 23.4 Å². The van der Waals surface area contributed by atoms with Gasteiger partial charge in [0.25, 0.3) is 10.0 Å². The summed E-state index contributed by atoms with van der Waals surface area (Å²) in [5, 5.41) is 3.42. The van der Waals surface area contributed by atoms with E-state index in [0.717, 1.165) is 5.69 Å². The summed E-state index contributed by atoms with van der Waals surface area (Å²) in [7, 11) is -1.90. The van der Waals surface area contributed by atoms with Crippen LogP contribution in [-0.4, -0.2) is 50.8 Å². The molecule has 1 aliphatic rings. The zero-order valence-electron chi connectivity index (χ0n) is 17.2. The number of nitrogens with zero attached hydrogens (tertiary/aromatic N) is 5. The molecular formula is C20H23ClN6O3S. The maximum Gasteiger partial charge on any atom is 0.262 e. The van der Waals surface area contributed by atoms with Crippen LogP contribution in [-0.2, 0) is 21.9 Å². The molecule has 0 spiro atoms. The van der Waals surface area contributed by atoms with Crippen molar-refractivity contribution in [3.05, 3.63) is 54.0 Å². The average Bonchev–Trinajstić information content (AvgIpc) is 3.39. The maximum atomic E-state index is 12.8. The number of aromatic nitrogens is 4. The van der Waals surface area contributed by atoms with E-state index in [-0.39, 0.29) is 29.9 Å². The topological polar surface area (TPSA) is 102 Å². The number of hydrogen-bond acceptors (Lipinski definition) is 5. The lowest BCUT2D eigenvalue weighted by Gasteiger charge is -2.30. The van der Waals surface area contributed by atoms with E-state index >= 15 is 0 Å². The number of benzene rings is 1. The zero-order chi connectivity index (χ0) is 22.2. The van der Waals surface area contributed by atoms with Gasteiger partial charge in [0, 0.05) is 50.3 Å². The van der Waals surface area contributed by atoms with Crippen LogP contribution in [0.5, 0.6) is 0 Å². The van der Waals surface area contributed by atoms with E-state index in [2.05, 4.69) is 15.3 Å². The molecule has 1 amide bonds. The largest absolute Gasteiger partial charge is 0.337 e. The molecule has 1 aromatic carbocycles. The number of nitrogens with one attached hydrogen (secondary N) is 1. The first-order chi connectivity index (χ1) is 14.8. The summed E-state index contributed by atoms with van der Waals surface area (Å²) >= 11 is 6.35. The summed E-state index contributed by atoms with van der Waals surface area (Å²) in [5.74, 6) is 0.215. The summed E-state index contributed by atoms with van der Waals surface area (Å²) in [6.07, 6.45) is 7.49. The Balaban J connectivity index is 1.38. The third-order valence-electron chi connectivity index (χ3n) is 5.51. The Kier molecular flexibility index (Phi) is 5.87. The fourth-order valence-electron chi connectivity index (χ4n) is 3.58. The second kappa shape index (κ2) is 8.45. The van der Waals surface area contributed by atoms with E-state index in [1.54, 1.807) is 54.0 Å². The number of sulfonamides is 1. The highest BCUT2D eigenvalue weighted by Crippen LogP contribution is 2.27. The van der Waals surface area contributed by atoms with Gasteiger partial charge in [-0.05, 0) is 38.0 Å². The highest BCUT2D eigenvalue weighted by atomic mass is 35.5. The standard InChI is InChI=1S/C20H23ClN6O3S/c1-14-23-19(12-25(14)2)31(29,30)27-8-5-15(6-9-27)20(28)24-16-3-4-18(17(21)11-16)26-10-7-22-13-26/h3-4,7,10-13,15H,5-6,8-9H2,1-2H3,(H,24,28). The van der Waals surface area contributed by atoms with Crippen LogP contribution in [0.4, 0.5) is 5.69 Å². The van der Waals surface area contributed by atoms with Gasteiger partial charge in [0.2, 0.25) is 5.91 Å². The van der Waals surface area contributed by atoms with Crippen molar-refractivity contribution >= 4 is 33.2 Å². The molecule has 1 N–H and O–H groups in total. The number of aryl methyl sites for hydroxylation is 2. The first kappa shape index (κ1) is 21.5. The normalized spacial score (nSPS) is 15.8. The lowest BCUT2D eigenvalue weighted by Crippen LogP contribution is -2.41. The fourth-order valence-corrected chi connectivity index (χ4v) is 5.35. The second-order valence-corrected chi connectivity index (χ2v) is 9.83. The molecule has 0 unspecified atom stereocenters. The Hall–Kier alpha value is -2.69. The van der Waals surface area contributed by atoms with E-state index in [1.807, 2.05) is 6.07 Å². The van der Waals surface area contributed by atoms with Crippen molar-refractivity contribution in [1.29, 1.82) is 0 Å². The van der Waals surface area contributed by atoms with Gasteiger partial charge in [-0.2, -0.15) is 4.31 Å². The molecule has 0 atom stereocenters. The van der Waals surface area contributed by atoms with Gasteiger partial charge in [0.05, 0.1) is 17.0 Å². The Labute approximate surface area is 185 Å². The maximum absolute atomic E-state index is 12.8. The molecule has 164 valence electrons. The molecule has 1 aliphatic heterocycles. The number of hydrogen-bond donors (Lipinski definition) is 1. The molecule has 1 saturated heterocycles. The van der Waals surface area contributed by atoms with Gasteiger partial charge >= 0.3 is 0 Å². The van der Waals surface area contributed by atoms with Crippen LogP contribution in [0.2, 0.25) is 5.02 Å². The summed E-state index contributed by atoms with van der Waals surface area (Å²) in [6, 6.07) is 5.28. The molecular weight excluding hydrogens is 440 g/mol. The van der Waals surface area contributed by atoms with E-state index in [4.69, 9.17) is 11.6 Å². The van der Waals surface area contributed by atoms with Crippen LogP contribution in [0.15, 0.2) is 48.1 Å². The van der Waals surface area contributed by atoms with Crippen molar-refractivity contribution in [3.8, 4) is 5.69 Å². The van der Waals surface area contributed by atoms with Gasteiger partial charge in [-0.25, -0.2) is 18.4 Å². The molecule has 11 heteroatoms. The summed E-state index contributed by atoms with van der Waals surface area (Å²) in [6.45, 7) is 2.30. The number of carbonyl (C=O) groups is 1. The number of piperidine rings is 1. The van der Waals surface area contributed by atoms with Crippen molar-refractivity contribution in [3.63, 3.8) is 0 Å². The monoisotopic (exact) mass is 462 g/mol. The van der Waals surface area contributed by atoms with Crippen molar-refractivity contribution in [2.24, 2.45) is 13.0 Å². The molecule has 9 nitrogen and oxygen atoms in total. The smallest absolute Gasteiger partial charge is 0.262 e. The average molecular weight is 463 g/mol. The minimum absolute atomic E-state index is 0.0445. The van der Waals surface area contributed by atoms with Gasteiger partial charge < -0.3 is 14.5 Å². The number of carbonyl (C=O) groups excluding carboxylic acids is 1. The molecule has 0 radical (unpaired) electrons. The molecule has 31 heavy (non-hydrogen) atoms. The third kappa shape index (κ3) is 4.36. The fraction of sp³-hybridized carbons (Fsp3) is 0.350. The number of rotatable bonds is 5. The Morgan fingerprint density at radius 1 is 1.26 bits per heavy atom. The molecule has 3 heterocycles.